The van der Waals surface area contributed by atoms with Crippen LogP contribution in [-0.2, 0) is 19.6 Å². The van der Waals surface area contributed by atoms with E-state index in [4.69, 9.17) is 9.15 Å². The molecule has 2 aromatic heterocycles. The number of anilines is 1. The lowest BCUT2D eigenvalue weighted by Gasteiger charge is -2.31. The van der Waals surface area contributed by atoms with E-state index in [0.29, 0.717) is 43.0 Å². The van der Waals surface area contributed by atoms with Crippen LogP contribution in [0.4, 0.5) is 5.82 Å². The van der Waals surface area contributed by atoms with Crippen LogP contribution in [0.1, 0.15) is 58.8 Å². The first-order chi connectivity index (χ1) is 18.5. The maximum atomic E-state index is 12.6. The minimum atomic E-state index is -0.699. The number of β-amino-alcohol motifs (C(OH)–C–C–N with tert-alkyl or cyclic N) is 1. The molecule has 1 saturated carbocycles. The topological polar surface area (TPSA) is 126 Å². The molecular weight excluding hydrogens is 552 g/mol. The molecule has 1 unspecified atom stereocenters. The second-order valence-corrected chi connectivity index (χ2v) is 10.7. The van der Waals surface area contributed by atoms with Crippen LogP contribution < -0.4 is 15.4 Å². The molecule has 0 spiro atoms. The molecule has 3 N–H and O–H groups in total. The molecule has 0 bridgehead atoms. The lowest BCUT2D eigenvalue weighted by molar-refractivity contribution is 0.0837. The molecular formula is C27H33BrN6O4. The number of amides is 1. The highest BCUT2D eigenvalue weighted by atomic mass is 79.9. The predicted molar refractivity (Wildman–Crippen MR) is 145 cm³/mol. The molecule has 1 aliphatic heterocycles. The van der Waals surface area contributed by atoms with Crippen LogP contribution >= 0.6 is 15.9 Å². The van der Waals surface area contributed by atoms with Crippen molar-refractivity contribution in [1.82, 2.24) is 25.2 Å². The van der Waals surface area contributed by atoms with Gasteiger partial charge in [-0.1, -0.05) is 18.9 Å². The van der Waals surface area contributed by atoms with Crippen LogP contribution in [0.2, 0.25) is 0 Å². The summed E-state index contributed by atoms with van der Waals surface area (Å²) in [6, 6.07) is 6.09. The number of oxazole rings is 1. The summed E-state index contributed by atoms with van der Waals surface area (Å²) in [6.45, 7) is 4.32. The van der Waals surface area contributed by atoms with Crippen molar-refractivity contribution < 1.29 is 19.1 Å². The lowest BCUT2D eigenvalue weighted by Crippen LogP contribution is -2.42. The number of aromatic nitrogens is 3. The van der Waals surface area contributed by atoms with E-state index < -0.39 is 6.10 Å². The monoisotopic (exact) mass is 584 g/mol. The SMILES string of the molecule is Cc1ncoc1COc1ccc2c(c1Br)CCN(CC(O)CNC(=O)c1cc(NC3CCCC3)ncn1)C2. The fourth-order valence-corrected chi connectivity index (χ4v) is 5.73. The van der Waals surface area contributed by atoms with Crippen LogP contribution in [-0.4, -0.2) is 62.6 Å². The molecule has 1 aromatic carbocycles. The third-order valence-electron chi connectivity index (χ3n) is 7.15. The fourth-order valence-electron chi connectivity index (χ4n) is 5.03. The smallest absolute Gasteiger partial charge is 0.270 e. The van der Waals surface area contributed by atoms with Gasteiger partial charge in [-0.3, -0.25) is 9.69 Å². The van der Waals surface area contributed by atoms with Gasteiger partial charge in [0.25, 0.3) is 5.91 Å². The number of nitrogens with one attached hydrogen (secondary N) is 2. The Balaban J connectivity index is 1.10. The van der Waals surface area contributed by atoms with Crippen molar-refractivity contribution in [3.63, 3.8) is 0 Å². The Morgan fingerprint density at radius 1 is 1.29 bits per heavy atom. The number of aliphatic hydroxyl groups is 1. The largest absolute Gasteiger partial charge is 0.484 e. The maximum absolute atomic E-state index is 12.6. The molecule has 202 valence electrons. The number of halogens is 1. The number of hydrogen-bond acceptors (Lipinski definition) is 9. The Morgan fingerprint density at radius 3 is 2.92 bits per heavy atom. The van der Waals surface area contributed by atoms with Crippen molar-refractivity contribution in [3.05, 3.63) is 63.7 Å². The summed E-state index contributed by atoms with van der Waals surface area (Å²) in [7, 11) is 0. The van der Waals surface area contributed by atoms with Crippen LogP contribution in [0, 0.1) is 6.92 Å². The van der Waals surface area contributed by atoms with E-state index in [2.05, 4.69) is 52.5 Å². The van der Waals surface area contributed by atoms with Gasteiger partial charge in [-0.15, -0.1) is 0 Å². The van der Waals surface area contributed by atoms with E-state index in [0.717, 1.165) is 41.7 Å². The average Bonchev–Trinajstić information content (AvgIpc) is 3.58. The molecule has 11 heteroatoms. The molecule has 1 amide bonds. The van der Waals surface area contributed by atoms with Gasteiger partial charge in [0.2, 0.25) is 0 Å². The van der Waals surface area contributed by atoms with Gasteiger partial charge in [0, 0.05) is 38.3 Å². The first kappa shape index (κ1) is 26.6. The van der Waals surface area contributed by atoms with Crippen molar-refractivity contribution in [2.24, 2.45) is 0 Å². The van der Waals surface area contributed by atoms with Crippen molar-refractivity contribution in [3.8, 4) is 5.75 Å². The summed E-state index contributed by atoms with van der Waals surface area (Å²) in [5, 5.41) is 16.8. The molecule has 3 heterocycles. The van der Waals surface area contributed by atoms with Crippen LogP contribution in [0.3, 0.4) is 0 Å². The minimum Gasteiger partial charge on any atom is -0.484 e. The Kier molecular flexibility index (Phi) is 8.55. The van der Waals surface area contributed by atoms with E-state index in [-0.39, 0.29) is 12.5 Å². The van der Waals surface area contributed by atoms with E-state index in [1.807, 2.05) is 13.0 Å². The Morgan fingerprint density at radius 2 is 2.13 bits per heavy atom. The van der Waals surface area contributed by atoms with Crippen LogP contribution in [0.25, 0.3) is 0 Å². The van der Waals surface area contributed by atoms with Gasteiger partial charge in [0.15, 0.2) is 12.2 Å². The summed E-state index contributed by atoms with van der Waals surface area (Å²) in [5.41, 5.74) is 3.51. The number of hydrogen-bond donors (Lipinski definition) is 3. The van der Waals surface area contributed by atoms with Gasteiger partial charge >= 0.3 is 0 Å². The molecule has 1 atom stereocenters. The molecule has 0 radical (unpaired) electrons. The summed E-state index contributed by atoms with van der Waals surface area (Å²) in [4.78, 5) is 27.3. The number of carbonyl (C=O) groups is 1. The third-order valence-corrected chi connectivity index (χ3v) is 8.02. The molecule has 3 aromatic rings. The second kappa shape index (κ2) is 12.2. The summed E-state index contributed by atoms with van der Waals surface area (Å²) >= 11 is 3.71. The van der Waals surface area contributed by atoms with E-state index >= 15 is 0 Å². The molecule has 10 nitrogen and oxygen atoms in total. The number of fused-ring (bicyclic) bond motifs is 1. The Hall–Kier alpha value is -3.02. The zero-order valence-electron chi connectivity index (χ0n) is 21.5. The van der Waals surface area contributed by atoms with E-state index in [9.17, 15) is 9.90 Å². The van der Waals surface area contributed by atoms with E-state index in [1.165, 1.54) is 36.7 Å². The fraction of sp³-hybridized carbons (Fsp3) is 0.481. The van der Waals surface area contributed by atoms with Crippen LogP contribution in [0.15, 0.2) is 39.8 Å². The molecule has 38 heavy (non-hydrogen) atoms. The number of aryl methyl sites for hydroxylation is 1. The zero-order chi connectivity index (χ0) is 26.5. The van der Waals surface area contributed by atoms with Gasteiger partial charge in [-0.25, -0.2) is 15.0 Å². The standard InChI is InChI=1S/C27H33BrN6O4/c1-17-24(38-16-32-17)14-37-23-7-6-18-12-34(9-8-21(18)26(23)28)13-20(35)11-29-27(36)22-10-25(31-15-30-22)33-19-4-2-3-5-19/h6-7,10,15-16,19-20,35H,2-5,8-9,11-14H2,1H3,(H,29,36)(H,30,31,33). The average molecular weight is 586 g/mol. The normalized spacial score (nSPS) is 16.7. The molecule has 2 aliphatic rings. The highest BCUT2D eigenvalue weighted by molar-refractivity contribution is 9.10. The number of benzene rings is 1. The van der Waals surface area contributed by atoms with Crippen molar-refractivity contribution in [2.75, 3.05) is 25.0 Å². The van der Waals surface area contributed by atoms with Crippen molar-refractivity contribution >= 4 is 27.7 Å². The van der Waals surface area contributed by atoms with Gasteiger partial charge in [-0.05, 0) is 59.3 Å². The first-order valence-corrected chi connectivity index (χ1v) is 13.8. The predicted octanol–water partition coefficient (Wildman–Crippen LogP) is 3.62. The summed E-state index contributed by atoms with van der Waals surface area (Å²) in [6.07, 6.45) is 7.62. The van der Waals surface area contributed by atoms with Gasteiger partial charge < -0.3 is 24.9 Å². The third kappa shape index (κ3) is 6.51. The summed E-state index contributed by atoms with van der Waals surface area (Å²) in [5.74, 6) is 1.82. The molecule has 0 saturated heterocycles. The first-order valence-electron chi connectivity index (χ1n) is 13.1. The molecule has 1 fully saturated rings. The quantitative estimate of drug-likeness (QED) is 0.327. The number of carbonyl (C=O) groups excluding carboxylic acids is 1. The van der Waals surface area contributed by atoms with E-state index in [1.54, 1.807) is 6.07 Å². The van der Waals surface area contributed by atoms with Gasteiger partial charge in [0.1, 0.15) is 30.2 Å². The maximum Gasteiger partial charge on any atom is 0.270 e. The Labute approximate surface area is 230 Å². The molecule has 5 rings (SSSR count). The van der Waals surface area contributed by atoms with Crippen molar-refractivity contribution in [2.45, 2.75) is 64.3 Å². The number of rotatable bonds is 10. The number of aliphatic hydroxyl groups excluding tert-OH is 1. The lowest BCUT2D eigenvalue weighted by atomic mass is 9.99. The van der Waals surface area contributed by atoms with Gasteiger partial charge in [0.05, 0.1) is 16.3 Å². The van der Waals surface area contributed by atoms with Crippen molar-refractivity contribution in [1.29, 1.82) is 0 Å². The number of nitrogens with zero attached hydrogens (tertiary/aromatic N) is 4. The zero-order valence-corrected chi connectivity index (χ0v) is 23.0. The highest BCUT2D eigenvalue weighted by Crippen LogP contribution is 2.35. The highest BCUT2D eigenvalue weighted by Gasteiger charge is 2.23. The van der Waals surface area contributed by atoms with Crippen LogP contribution in [0.5, 0.6) is 5.75 Å². The minimum absolute atomic E-state index is 0.148. The Bertz CT molecular complexity index is 1260. The van der Waals surface area contributed by atoms with Gasteiger partial charge in [-0.2, -0.15) is 0 Å². The second-order valence-electron chi connectivity index (χ2n) is 9.93. The molecule has 1 aliphatic carbocycles. The summed E-state index contributed by atoms with van der Waals surface area (Å²) < 4.78 is 12.3. The number of ether oxygens (including phenoxy) is 1.